The molecule has 1 unspecified atom stereocenters. The molecule has 2 heterocycles. The molecule has 1 aliphatic carbocycles. The Morgan fingerprint density at radius 2 is 1.83 bits per heavy atom. The van der Waals surface area contributed by atoms with Crippen LogP contribution in [0.3, 0.4) is 0 Å². The minimum absolute atomic E-state index is 0.0431. The molecule has 0 radical (unpaired) electrons. The van der Waals surface area contributed by atoms with Crippen molar-refractivity contribution in [2.75, 3.05) is 36.5 Å². The molecule has 1 atom stereocenters. The highest BCUT2D eigenvalue weighted by molar-refractivity contribution is 6.02. The molecule has 0 aromatic heterocycles. The van der Waals surface area contributed by atoms with Gasteiger partial charge in [-0.1, -0.05) is 25.7 Å². The summed E-state index contributed by atoms with van der Waals surface area (Å²) in [5.41, 5.74) is 2.31. The van der Waals surface area contributed by atoms with Crippen LogP contribution in [0.25, 0.3) is 0 Å². The molecule has 2 amide bonds. The third kappa shape index (κ3) is 5.54. The van der Waals surface area contributed by atoms with E-state index in [-0.39, 0.29) is 17.9 Å². The maximum absolute atomic E-state index is 13.0. The van der Waals surface area contributed by atoms with E-state index in [1.54, 1.807) is 0 Å². The van der Waals surface area contributed by atoms with Crippen LogP contribution in [0, 0.1) is 5.92 Å². The molecule has 1 aromatic rings. The van der Waals surface area contributed by atoms with Crippen molar-refractivity contribution < 1.29 is 14.3 Å². The molecule has 1 aromatic carbocycles. The summed E-state index contributed by atoms with van der Waals surface area (Å²) in [6, 6.07) is 5.75. The number of nitrogens with zero attached hydrogens (tertiary/aromatic N) is 1. The van der Waals surface area contributed by atoms with Crippen LogP contribution < -0.4 is 15.5 Å². The molecule has 164 valence electrons. The molecule has 30 heavy (non-hydrogen) atoms. The summed E-state index contributed by atoms with van der Waals surface area (Å²) in [5.74, 6) is 0.656. The number of carbonyl (C=O) groups is 2. The predicted molar refractivity (Wildman–Crippen MR) is 119 cm³/mol. The Kier molecular flexibility index (Phi) is 7.26. The number of hydrogen-bond acceptors (Lipinski definition) is 4. The number of amides is 2. The summed E-state index contributed by atoms with van der Waals surface area (Å²) < 4.78 is 5.63. The molecular formula is C24H35N3O3. The summed E-state index contributed by atoms with van der Waals surface area (Å²) in [6.45, 7) is 3.26. The third-order valence-electron chi connectivity index (χ3n) is 6.74. The zero-order valence-electron chi connectivity index (χ0n) is 18.0. The van der Waals surface area contributed by atoms with Gasteiger partial charge in [-0.05, 0) is 56.2 Å². The number of rotatable bonds is 8. The van der Waals surface area contributed by atoms with E-state index in [0.717, 1.165) is 57.5 Å². The van der Waals surface area contributed by atoms with E-state index in [9.17, 15) is 9.59 Å². The molecule has 4 rings (SSSR count). The quantitative estimate of drug-likeness (QED) is 0.673. The Balaban J connectivity index is 1.41. The minimum atomic E-state index is -0.0885. The van der Waals surface area contributed by atoms with Gasteiger partial charge in [0.25, 0.3) is 5.91 Å². The van der Waals surface area contributed by atoms with Gasteiger partial charge in [0.2, 0.25) is 5.91 Å². The van der Waals surface area contributed by atoms with Gasteiger partial charge in [0.15, 0.2) is 0 Å². The second-order valence-electron chi connectivity index (χ2n) is 9.01. The largest absolute Gasteiger partial charge is 0.376 e. The average molecular weight is 414 g/mol. The summed E-state index contributed by atoms with van der Waals surface area (Å²) in [4.78, 5) is 27.7. The molecule has 2 N–H and O–H groups in total. The van der Waals surface area contributed by atoms with E-state index in [0.29, 0.717) is 30.1 Å². The van der Waals surface area contributed by atoms with Gasteiger partial charge in [-0.3, -0.25) is 9.59 Å². The number of ether oxygens (including phenoxy) is 1. The lowest BCUT2D eigenvalue weighted by Crippen LogP contribution is -2.33. The topological polar surface area (TPSA) is 70.7 Å². The summed E-state index contributed by atoms with van der Waals surface area (Å²) >= 11 is 0. The predicted octanol–water partition coefficient (Wildman–Crippen LogP) is 4.10. The molecule has 2 saturated heterocycles. The van der Waals surface area contributed by atoms with E-state index in [1.807, 2.05) is 18.2 Å². The first-order valence-electron chi connectivity index (χ1n) is 11.8. The molecule has 0 bridgehead atoms. The molecular weight excluding hydrogens is 378 g/mol. The van der Waals surface area contributed by atoms with Gasteiger partial charge >= 0.3 is 0 Å². The van der Waals surface area contributed by atoms with E-state index in [2.05, 4.69) is 15.5 Å². The van der Waals surface area contributed by atoms with Crippen molar-refractivity contribution >= 4 is 23.2 Å². The molecule has 3 aliphatic rings. The molecule has 3 fully saturated rings. The van der Waals surface area contributed by atoms with Gasteiger partial charge in [0, 0.05) is 44.0 Å². The maximum Gasteiger partial charge on any atom is 0.253 e. The number of carbonyl (C=O) groups excluding carboxylic acids is 2. The Morgan fingerprint density at radius 3 is 2.57 bits per heavy atom. The lowest BCUT2D eigenvalue weighted by atomic mass is 10.0. The van der Waals surface area contributed by atoms with Crippen LogP contribution in [0.4, 0.5) is 11.4 Å². The Morgan fingerprint density at radius 1 is 1.03 bits per heavy atom. The summed E-state index contributed by atoms with van der Waals surface area (Å²) in [5, 5.41) is 6.06. The number of benzene rings is 1. The normalized spacial score (nSPS) is 21.9. The maximum atomic E-state index is 13.0. The van der Waals surface area contributed by atoms with Gasteiger partial charge in [-0.15, -0.1) is 0 Å². The Hall–Kier alpha value is -2.08. The standard InChI is InChI=1S/C24H35N3O3/c28-23(12-9-18-6-1-2-7-18)26-19-10-11-22(27-13-3-4-14-27)21(16-19)24(29)25-17-20-8-5-15-30-20/h10-11,16,18,20H,1-9,12-15,17H2,(H,25,29)(H,26,28). The second-order valence-corrected chi connectivity index (χ2v) is 9.01. The van der Waals surface area contributed by atoms with Gasteiger partial charge in [0.05, 0.1) is 11.7 Å². The fourth-order valence-corrected chi connectivity index (χ4v) is 4.99. The van der Waals surface area contributed by atoms with Crippen LogP contribution in [0.5, 0.6) is 0 Å². The SMILES string of the molecule is O=C(CCC1CCCC1)Nc1ccc(N2CCCC2)c(C(=O)NCC2CCCO2)c1. The Bertz CT molecular complexity index is 733. The van der Waals surface area contributed by atoms with Crippen molar-refractivity contribution in [2.24, 2.45) is 5.92 Å². The van der Waals surface area contributed by atoms with Crippen molar-refractivity contribution in [1.82, 2.24) is 5.32 Å². The van der Waals surface area contributed by atoms with Gasteiger partial charge in [0.1, 0.15) is 0 Å². The Labute approximate surface area is 179 Å². The van der Waals surface area contributed by atoms with Crippen LogP contribution in [0.15, 0.2) is 18.2 Å². The highest BCUT2D eigenvalue weighted by Crippen LogP contribution is 2.30. The first-order chi connectivity index (χ1) is 14.7. The van der Waals surface area contributed by atoms with E-state index < -0.39 is 0 Å². The van der Waals surface area contributed by atoms with E-state index in [4.69, 9.17) is 4.74 Å². The van der Waals surface area contributed by atoms with Crippen molar-refractivity contribution in [3.8, 4) is 0 Å². The van der Waals surface area contributed by atoms with Crippen molar-refractivity contribution in [3.63, 3.8) is 0 Å². The van der Waals surface area contributed by atoms with Gasteiger partial charge in [-0.2, -0.15) is 0 Å². The van der Waals surface area contributed by atoms with Crippen molar-refractivity contribution in [1.29, 1.82) is 0 Å². The van der Waals surface area contributed by atoms with E-state index >= 15 is 0 Å². The molecule has 1 saturated carbocycles. The minimum Gasteiger partial charge on any atom is -0.376 e. The van der Waals surface area contributed by atoms with Crippen LogP contribution in [0.1, 0.15) is 74.6 Å². The number of hydrogen-bond donors (Lipinski definition) is 2. The monoisotopic (exact) mass is 413 g/mol. The smallest absolute Gasteiger partial charge is 0.253 e. The van der Waals surface area contributed by atoms with E-state index in [1.165, 1.54) is 25.7 Å². The fraction of sp³-hybridized carbons (Fsp3) is 0.667. The number of nitrogens with one attached hydrogen (secondary N) is 2. The van der Waals surface area contributed by atoms with Crippen molar-refractivity contribution in [3.05, 3.63) is 23.8 Å². The average Bonchev–Trinajstić information content (AvgIpc) is 3.54. The lowest BCUT2D eigenvalue weighted by molar-refractivity contribution is -0.116. The van der Waals surface area contributed by atoms with Gasteiger partial charge < -0.3 is 20.3 Å². The second kappa shape index (κ2) is 10.3. The van der Waals surface area contributed by atoms with Gasteiger partial charge in [-0.25, -0.2) is 0 Å². The van der Waals surface area contributed by atoms with Crippen LogP contribution in [-0.2, 0) is 9.53 Å². The first-order valence-corrected chi connectivity index (χ1v) is 11.8. The highest BCUT2D eigenvalue weighted by atomic mass is 16.5. The van der Waals surface area contributed by atoms with Crippen molar-refractivity contribution in [2.45, 2.75) is 70.3 Å². The first kappa shape index (κ1) is 21.2. The zero-order chi connectivity index (χ0) is 20.8. The molecule has 6 heteroatoms. The summed E-state index contributed by atoms with van der Waals surface area (Å²) in [7, 11) is 0. The lowest BCUT2D eigenvalue weighted by Gasteiger charge is -2.22. The fourth-order valence-electron chi connectivity index (χ4n) is 4.99. The molecule has 0 spiro atoms. The van der Waals surface area contributed by atoms with Crippen LogP contribution in [0.2, 0.25) is 0 Å². The highest BCUT2D eigenvalue weighted by Gasteiger charge is 2.23. The zero-order valence-corrected chi connectivity index (χ0v) is 18.0. The third-order valence-corrected chi connectivity index (χ3v) is 6.74. The summed E-state index contributed by atoms with van der Waals surface area (Å²) in [6.07, 6.45) is 11.1. The molecule has 2 aliphatic heterocycles. The van der Waals surface area contributed by atoms with Crippen LogP contribution >= 0.6 is 0 Å². The van der Waals surface area contributed by atoms with Crippen LogP contribution in [-0.4, -0.2) is 44.2 Å². The number of anilines is 2. The molecule has 6 nitrogen and oxygen atoms in total.